The fourth-order valence-electron chi connectivity index (χ4n) is 3.12. The maximum atomic E-state index is 11.0. The fourth-order valence-corrected chi connectivity index (χ4v) is 3.12. The normalized spacial score (nSPS) is 11.6. The number of rotatable bonds is 6. The van der Waals surface area contributed by atoms with E-state index < -0.39 is 6.10 Å². The first kappa shape index (κ1) is 18.5. The Morgan fingerprint density at radius 1 is 0.966 bits per heavy atom. The van der Waals surface area contributed by atoms with Crippen molar-refractivity contribution >= 4 is 0 Å². The van der Waals surface area contributed by atoms with E-state index in [0.717, 1.165) is 16.9 Å². The molecule has 0 amide bonds. The van der Waals surface area contributed by atoms with Gasteiger partial charge in [0.1, 0.15) is 17.6 Å². The largest absolute Gasteiger partial charge is 0.457 e. The number of para-hydroxylation sites is 1. The van der Waals surface area contributed by atoms with E-state index in [1.807, 2.05) is 71.3 Å². The van der Waals surface area contributed by atoms with Crippen LogP contribution < -0.4 is 4.74 Å². The van der Waals surface area contributed by atoms with Crippen molar-refractivity contribution in [3.8, 4) is 17.6 Å². The van der Waals surface area contributed by atoms with Crippen LogP contribution >= 0.6 is 0 Å². The van der Waals surface area contributed by atoms with E-state index in [1.165, 1.54) is 0 Å². The number of hydrogen-bond donors (Lipinski definition) is 1. The molecule has 0 radical (unpaired) electrons. The summed E-state index contributed by atoms with van der Waals surface area (Å²) in [6.45, 7) is 0.554. The maximum absolute atomic E-state index is 11.0. The van der Waals surface area contributed by atoms with E-state index in [1.54, 1.807) is 24.7 Å². The molecule has 1 N–H and O–H groups in total. The summed E-state index contributed by atoms with van der Waals surface area (Å²) in [6, 6.07) is 26.4. The summed E-state index contributed by atoms with van der Waals surface area (Å²) in [5.74, 6) is 1.40. The van der Waals surface area contributed by atoms with Gasteiger partial charge in [0.25, 0.3) is 0 Å². The second-order valence-corrected chi connectivity index (χ2v) is 6.65. The van der Waals surface area contributed by atoms with Gasteiger partial charge in [0.15, 0.2) is 0 Å². The van der Waals surface area contributed by atoms with Gasteiger partial charge in [0, 0.05) is 6.54 Å². The zero-order valence-corrected chi connectivity index (χ0v) is 15.6. The highest BCUT2D eigenvalue weighted by molar-refractivity contribution is 5.37. The van der Waals surface area contributed by atoms with Gasteiger partial charge in [0.2, 0.25) is 0 Å². The van der Waals surface area contributed by atoms with E-state index in [2.05, 4.69) is 11.1 Å². The van der Waals surface area contributed by atoms with Crippen LogP contribution in [0.5, 0.6) is 11.5 Å². The quantitative estimate of drug-likeness (QED) is 0.526. The van der Waals surface area contributed by atoms with Gasteiger partial charge in [-0.05, 0) is 47.5 Å². The fraction of sp³-hybridized carbons (Fsp3) is 0.0833. The van der Waals surface area contributed by atoms with Crippen LogP contribution in [0, 0.1) is 11.3 Å². The molecule has 0 aliphatic heterocycles. The Bertz CT molecular complexity index is 1130. The summed E-state index contributed by atoms with van der Waals surface area (Å²) in [7, 11) is 0. The minimum atomic E-state index is -0.838. The Morgan fingerprint density at radius 3 is 2.48 bits per heavy atom. The number of aliphatic hydroxyl groups is 1. The van der Waals surface area contributed by atoms with Gasteiger partial charge in [-0.3, -0.25) is 0 Å². The zero-order valence-electron chi connectivity index (χ0n) is 15.6. The number of imidazole rings is 1. The van der Waals surface area contributed by atoms with Crippen molar-refractivity contribution in [2.75, 3.05) is 0 Å². The molecule has 5 heteroatoms. The first-order valence-corrected chi connectivity index (χ1v) is 9.23. The minimum Gasteiger partial charge on any atom is -0.457 e. The Balaban J connectivity index is 1.54. The molecule has 1 unspecified atom stereocenters. The molecule has 29 heavy (non-hydrogen) atoms. The molecule has 4 rings (SSSR count). The third-order valence-electron chi connectivity index (χ3n) is 4.61. The summed E-state index contributed by atoms with van der Waals surface area (Å²) >= 11 is 0. The van der Waals surface area contributed by atoms with Crippen LogP contribution in [0.1, 0.15) is 28.5 Å². The molecule has 0 aliphatic rings. The van der Waals surface area contributed by atoms with Crippen molar-refractivity contribution in [2.24, 2.45) is 0 Å². The average molecular weight is 381 g/mol. The number of nitriles is 1. The standard InChI is InChI=1S/C24H19N3O2/c25-14-18-9-11-19(12-10-18)16-27-17-26-15-23(27)24(28)20-5-4-8-22(13-20)29-21-6-2-1-3-7-21/h1-13,15,17,24,28H,16H2. The molecule has 0 saturated heterocycles. The van der Waals surface area contributed by atoms with Gasteiger partial charge in [-0.25, -0.2) is 4.98 Å². The molecule has 1 heterocycles. The van der Waals surface area contributed by atoms with Crippen molar-refractivity contribution in [2.45, 2.75) is 12.6 Å². The molecule has 0 spiro atoms. The lowest BCUT2D eigenvalue weighted by atomic mass is 10.1. The second-order valence-electron chi connectivity index (χ2n) is 6.65. The van der Waals surface area contributed by atoms with Crippen LogP contribution in [0.3, 0.4) is 0 Å². The first-order valence-electron chi connectivity index (χ1n) is 9.23. The van der Waals surface area contributed by atoms with Crippen molar-refractivity contribution in [3.05, 3.63) is 114 Å². The van der Waals surface area contributed by atoms with Gasteiger partial charge in [-0.2, -0.15) is 5.26 Å². The van der Waals surface area contributed by atoms with Crippen molar-refractivity contribution in [3.63, 3.8) is 0 Å². The molecule has 0 saturated carbocycles. The van der Waals surface area contributed by atoms with Crippen LogP contribution in [-0.4, -0.2) is 14.7 Å². The SMILES string of the molecule is N#Cc1ccc(Cn2cncc2C(O)c2cccc(Oc3ccccc3)c2)cc1. The molecule has 0 bridgehead atoms. The molecule has 1 atom stereocenters. The van der Waals surface area contributed by atoms with Crippen LogP contribution in [0.4, 0.5) is 0 Å². The average Bonchev–Trinajstić information content (AvgIpc) is 3.23. The number of ether oxygens (including phenoxy) is 1. The Kier molecular flexibility index (Phi) is 5.37. The molecular formula is C24H19N3O2. The van der Waals surface area contributed by atoms with E-state index in [4.69, 9.17) is 10.00 Å². The second kappa shape index (κ2) is 8.42. The lowest BCUT2D eigenvalue weighted by Crippen LogP contribution is -2.09. The van der Waals surface area contributed by atoms with Crippen molar-refractivity contribution in [1.29, 1.82) is 5.26 Å². The highest BCUT2D eigenvalue weighted by atomic mass is 16.5. The molecule has 1 aromatic heterocycles. The highest BCUT2D eigenvalue weighted by Gasteiger charge is 2.16. The topological polar surface area (TPSA) is 71.1 Å². The summed E-state index contributed by atoms with van der Waals surface area (Å²) in [6.07, 6.45) is 2.52. The van der Waals surface area contributed by atoms with Crippen molar-refractivity contribution < 1.29 is 9.84 Å². The van der Waals surface area contributed by atoms with Gasteiger partial charge < -0.3 is 14.4 Å². The van der Waals surface area contributed by atoms with Gasteiger partial charge >= 0.3 is 0 Å². The van der Waals surface area contributed by atoms with E-state index in [9.17, 15) is 5.11 Å². The third-order valence-corrected chi connectivity index (χ3v) is 4.61. The molecule has 5 nitrogen and oxygen atoms in total. The van der Waals surface area contributed by atoms with Crippen molar-refractivity contribution in [1.82, 2.24) is 9.55 Å². The Morgan fingerprint density at radius 2 is 1.72 bits per heavy atom. The smallest absolute Gasteiger partial charge is 0.127 e. The van der Waals surface area contributed by atoms with Crippen LogP contribution in [0.15, 0.2) is 91.4 Å². The van der Waals surface area contributed by atoms with Gasteiger partial charge in [-0.1, -0.05) is 42.5 Å². The van der Waals surface area contributed by atoms with E-state index >= 15 is 0 Å². The Hall–Kier alpha value is -3.88. The van der Waals surface area contributed by atoms with Gasteiger partial charge in [-0.15, -0.1) is 0 Å². The summed E-state index contributed by atoms with van der Waals surface area (Å²) in [5.41, 5.74) is 3.05. The maximum Gasteiger partial charge on any atom is 0.127 e. The monoisotopic (exact) mass is 381 g/mol. The van der Waals surface area contributed by atoms with E-state index in [0.29, 0.717) is 23.6 Å². The lowest BCUT2D eigenvalue weighted by Gasteiger charge is -2.15. The minimum absolute atomic E-state index is 0.554. The predicted molar refractivity (Wildman–Crippen MR) is 110 cm³/mol. The summed E-state index contributed by atoms with van der Waals surface area (Å²) in [5, 5.41) is 19.9. The lowest BCUT2D eigenvalue weighted by molar-refractivity contribution is 0.210. The van der Waals surface area contributed by atoms with Crippen LogP contribution in [0.2, 0.25) is 0 Å². The Labute approximate surface area is 169 Å². The summed E-state index contributed by atoms with van der Waals surface area (Å²) < 4.78 is 7.77. The summed E-state index contributed by atoms with van der Waals surface area (Å²) in [4.78, 5) is 4.21. The number of nitrogens with zero attached hydrogens (tertiary/aromatic N) is 3. The zero-order chi connectivity index (χ0) is 20.1. The molecular weight excluding hydrogens is 362 g/mol. The number of hydrogen-bond acceptors (Lipinski definition) is 4. The molecule has 0 fully saturated rings. The molecule has 142 valence electrons. The predicted octanol–water partition coefficient (Wildman–Crippen LogP) is 4.68. The van der Waals surface area contributed by atoms with Crippen LogP contribution in [0.25, 0.3) is 0 Å². The van der Waals surface area contributed by atoms with Gasteiger partial charge in [0.05, 0.1) is 29.9 Å². The van der Waals surface area contributed by atoms with E-state index in [-0.39, 0.29) is 0 Å². The molecule has 3 aromatic carbocycles. The van der Waals surface area contributed by atoms with Crippen LogP contribution in [-0.2, 0) is 6.54 Å². The number of aliphatic hydroxyl groups excluding tert-OH is 1. The highest BCUT2D eigenvalue weighted by Crippen LogP contribution is 2.28. The first-order chi connectivity index (χ1) is 14.2. The number of aromatic nitrogens is 2. The number of benzene rings is 3. The third kappa shape index (κ3) is 4.34. The molecule has 4 aromatic rings. The molecule has 0 aliphatic carbocycles.